The number of rotatable bonds is 7. The van der Waals surface area contributed by atoms with Crippen molar-refractivity contribution in [3.63, 3.8) is 0 Å². The second-order valence-corrected chi connectivity index (χ2v) is 7.92. The number of nitrogens with one attached hydrogen (secondary N) is 3. The first-order chi connectivity index (χ1) is 14.0. The number of carbonyl (C=O) groups excluding carboxylic acids is 2. The highest BCUT2D eigenvalue weighted by Crippen LogP contribution is 2.18. The van der Waals surface area contributed by atoms with Crippen LogP contribution in [0, 0.1) is 5.92 Å². The summed E-state index contributed by atoms with van der Waals surface area (Å²) in [6.07, 6.45) is 1.44. The predicted octanol–water partition coefficient (Wildman–Crippen LogP) is 3.11. The minimum atomic E-state index is -0.558. The summed E-state index contributed by atoms with van der Waals surface area (Å²) >= 11 is 0. The van der Waals surface area contributed by atoms with Gasteiger partial charge in [0.15, 0.2) is 0 Å². The molecule has 154 valence electrons. The Morgan fingerprint density at radius 3 is 2.34 bits per heavy atom. The van der Waals surface area contributed by atoms with E-state index in [0.717, 1.165) is 12.0 Å². The summed E-state index contributed by atoms with van der Waals surface area (Å²) in [5.74, 6) is -0.217. The van der Waals surface area contributed by atoms with Crippen LogP contribution in [0.4, 0.5) is 0 Å². The highest BCUT2D eigenvalue weighted by Gasteiger charge is 2.31. The van der Waals surface area contributed by atoms with Gasteiger partial charge in [0.25, 0.3) is 0 Å². The third kappa shape index (κ3) is 5.24. The van der Waals surface area contributed by atoms with Gasteiger partial charge in [-0.05, 0) is 36.0 Å². The summed E-state index contributed by atoms with van der Waals surface area (Å²) in [6, 6.07) is 17.0. The van der Waals surface area contributed by atoms with Gasteiger partial charge >= 0.3 is 0 Å². The molecule has 0 radical (unpaired) electrons. The first kappa shape index (κ1) is 21.1. The van der Waals surface area contributed by atoms with Gasteiger partial charge in [-0.3, -0.25) is 9.59 Å². The lowest BCUT2D eigenvalue weighted by Crippen LogP contribution is -2.56. The molecule has 0 unspecified atom stereocenters. The van der Waals surface area contributed by atoms with E-state index in [-0.39, 0.29) is 29.8 Å². The molecule has 3 N–H and O–H groups in total. The van der Waals surface area contributed by atoms with E-state index >= 15 is 0 Å². The molecule has 0 spiro atoms. The zero-order chi connectivity index (χ0) is 20.8. The summed E-state index contributed by atoms with van der Waals surface area (Å²) in [5.41, 5.74) is 3.46. The van der Waals surface area contributed by atoms with Gasteiger partial charge in [-0.25, -0.2) is 0 Å². The van der Waals surface area contributed by atoms with Gasteiger partial charge in [0, 0.05) is 6.54 Å². The minimum Gasteiger partial charge on any atom is -0.348 e. The molecule has 1 aliphatic heterocycles. The molecule has 3 rings (SSSR count). The zero-order valence-corrected chi connectivity index (χ0v) is 17.4. The van der Waals surface area contributed by atoms with Crippen molar-refractivity contribution in [2.24, 2.45) is 5.92 Å². The molecular weight excluding hydrogens is 362 g/mol. The zero-order valence-electron chi connectivity index (χ0n) is 17.4. The van der Waals surface area contributed by atoms with Crippen molar-refractivity contribution in [1.82, 2.24) is 16.0 Å². The fourth-order valence-corrected chi connectivity index (χ4v) is 3.72. The number of carbonyl (C=O) groups is 2. The SMILES string of the molecule is CC[C@@H](C)[C@@H](NC(=O)[C@@H]1Cc2ccccc2CN1)C(=O)N[C@@H](C)c1ccccc1. The third-order valence-electron chi connectivity index (χ3n) is 5.85. The molecule has 4 atom stereocenters. The number of fused-ring (bicyclic) bond motifs is 1. The number of amides is 2. The largest absolute Gasteiger partial charge is 0.348 e. The van der Waals surface area contributed by atoms with Gasteiger partial charge in [-0.15, -0.1) is 0 Å². The van der Waals surface area contributed by atoms with Crippen LogP contribution in [0.25, 0.3) is 0 Å². The second kappa shape index (κ2) is 9.70. The first-order valence-electron chi connectivity index (χ1n) is 10.5. The standard InChI is InChI=1S/C24H31N3O2/c1-4-16(2)22(24(29)26-17(3)18-10-6-5-7-11-18)27-23(28)21-14-19-12-8-9-13-20(19)15-25-21/h5-13,16-17,21-22,25H,4,14-15H2,1-3H3,(H,26,29)(H,27,28)/t16-,17+,21+,22-/m1/s1. The molecule has 0 aromatic heterocycles. The molecule has 0 saturated heterocycles. The molecule has 1 heterocycles. The lowest BCUT2D eigenvalue weighted by Gasteiger charge is -2.30. The topological polar surface area (TPSA) is 70.2 Å². The van der Waals surface area contributed by atoms with Crippen LogP contribution >= 0.6 is 0 Å². The molecule has 0 aliphatic carbocycles. The summed E-state index contributed by atoms with van der Waals surface area (Å²) < 4.78 is 0. The van der Waals surface area contributed by atoms with Crippen molar-refractivity contribution in [3.8, 4) is 0 Å². The van der Waals surface area contributed by atoms with Crippen molar-refractivity contribution < 1.29 is 9.59 Å². The molecule has 5 nitrogen and oxygen atoms in total. The number of hydrogen-bond donors (Lipinski definition) is 3. The average Bonchev–Trinajstić information content (AvgIpc) is 2.76. The van der Waals surface area contributed by atoms with E-state index in [0.29, 0.717) is 13.0 Å². The van der Waals surface area contributed by atoms with E-state index in [4.69, 9.17) is 0 Å². The number of hydrogen-bond acceptors (Lipinski definition) is 3. The predicted molar refractivity (Wildman–Crippen MR) is 115 cm³/mol. The monoisotopic (exact) mass is 393 g/mol. The van der Waals surface area contributed by atoms with Crippen LogP contribution in [-0.4, -0.2) is 23.9 Å². The fourth-order valence-electron chi connectivity index (χ4n) is 3.72. The van der Waals surface area contributed by atoms with Crippen molar-refractivity contribution in [2.45, 2.75) is 58.3 Å². The van der Waals surface area contributed by atoms with Crippen LogP contribution in [0.15, 0.2) is 54.6 Å². The summed E-state index contributed by atoms with van der Waals surface area (Å²) in [6.45, 7) is 6.66. The Kier molecular flexibility index (Phi) is 7.04. The summed E-state index contributed by atoms with van der Waals surface area (Å²) in [4.78, 5) is 25.9. The van der Waals surface area contributed by atoms with E-state index in [1.165, 1.54) is 11.1 Å². The normalized spacial score (nSPS) is 18.8. The van der Waals surface area contributed by atoms with Gasteiger partial charge in [-0.2, -0.15) is 0 Å². The van der Waals surface area contributed by atoms with Crippen LogP contribution in [-0.2, 0) is 22.6 Å². The number of benzene rings is 2. The molecule has 2 aromatic rings. The van der Waals surface area contributed by atoms with Crippen LogP contribution in [0.3, 0.4) is 0 Å². The maximum atomic E-state index is 13.0. The van der Waals surface area contributed by atoms with E-state index in [9.17, 15) is 9.59 Å². The molecular formula is C24H31N3O2. The Morgan fingerprint density at radius 1 is 1.00 bits per heavy atom. The van der Waals surface area contributed by atoms with E-state index in [2.05, 4.69) is 28.1 Å². The van der Waals surface area contributed by atoms with Crippen LogP contribution in [0.1, 0.15) is 49.9 Å². The minimum absolute atomic E-state index is 0.0396. The fraction of sp³-hybridized carbons (Fsp3) is 0.417. The van der Waals surface area contributed by atoms with Crippen LogP contribution < -0.4 is 16.0 Å². The maximum Gasteiger partial charge on any atom is 0.243 e. The molecule has 0 fully saturated rings. The van der Waals surface area contributed by atoms with Gasteiger partial charge in [0.1, 0.15) is 6.04 Å². The van der Waals surface area contributed by atoms with E-state index < -0.39 is 6.04 Å². The maximum absolute atomic E-state index is 13.0. The summed E-state index contributed by atoms with van der Waals surface area (Å²) in [7, 11) is 0. The molecule has 5 heteroatoms. The lowest BCUT2D eigenvalue weighted by atomic mass is 9.94. The third-order valence-corrected chi connectivity index (χ3v) is 5.85. The Hall–Kier alpha value is -2.66. The summed E-state index contributed by atoms with van der Waals surface area (Å²) in [5, 5.41) is 9.37. The Balaban J connectivity index is 1.66. The van der Waals surface area contributed by atoms with Crippen molar-refractivity contribution >= 4 is 11.8 Å². The van der Waals surface area contributed by atoms with Gasteiger partial charge < -0.3 is 16.0 Å². The van der Waals surface area contributed by atoms with E-state index in [1.807, 2.05) is 63.2 Å². The Morgan fingerprint density at radius 2 is 1.66 bits per heavy atom. The quantitative estimate of drug-likeness (QED) is 0.677. The molecule has 2 aromatic carbocycles. The highest BCUT2D eigenvalue weighted by molar-refractivity contribution is 5.90. The first-order valence-corrected chi connectivity index (χ1v) is 10.5. The molecule has 0 saturated carbocycles. The van der Waals surface area contributed by atoms with Crippen LogP contribution in [0.5, 0.6) is 0 Å². The molecule has 29 heavy (non-hydrogen) atoms. The Bertz CT molecular complexity index is 837. The molecule has 2 amide bonds. The van der Waals surface area contributed by atoms with Gasteiger partial charge in [0.2, 0.25) is 11.8 Å². The lowest BCUT2D eigenvalue weighted by molar-refractivity contribution is -0.131. The molecule has 0 bridgehead atoms. The second-order valence-electron chi connectivity index (χ2n) is 7.92. The van der Waals surface area contributed by atoms with Gasteiger partial charge in [-0.1, -0.05) is 74.9 Å². The average molecular weight is 394 g/mol. The van der Waals surface area contributed by atoms with Crippen molar-refractivity contribution in [1.29, 1.82) is 0 Å². The van der Waals surface area contributed by atoms with Crippen LogP contribution in [0.2, 0.25) is 0 Å². The van der Waals surface area contributed by atoms with Crippen molar-refractivity contribution in [3.05, 3.63) is 71.3 Å². The van der Waals surface area contributed by atoms with Gasteiger partial charge in [0.05, 0.1) is 12.1 Å². The van der Waals surface area contributed by atoms with E-state index in [1.54, 1.807) is 0 Å². The van der Waals surface area contributed by atoms with Crippen molar-refractivity contribution in [2.75, 3.05) is 0 Å². The highest BCUT2D eigenvalue weighted by atomic mass is 16.2. The smallest absolute Gasteiger partial charge is 0.243 e. The Labute approximate surface area is 173 Å². The molecule has 1 aliphatic rings.